The second-order valence-corrected chi connectivity index (χ2v) is 17.0. The quantitative estimate of drug-likeness (QED) is 0.0383. The van der Waals surface area contributed by atoms with Gasteiger partial charge in [-0.2, -0.15) is 4.89 Å². The van der Waals surface area contributed by atoms with E-state index < -0.39 is 39.7 Å². The van der Waals surface area contributed by atoms with Crippen molar-refractivity contribution in [3.63, 3.8) is 0 Å². The molecule has 6 aliphatic rings. The van der Waals surface area contributed by atoms with Crippen molar-refractivity contribution in [2.75, 3.05) is 51.7 Å². The summed E-state index contributed by atoms with van der Waals surface area (Å²) in [5.41, 5.74) is 3.80. The minimum absolute atomic E-state index is 0. The van der Waals surface area contributed by atoms with Crippen LogP contribution in [0, 0.1) is 0 Å². The predicted octanol–water partition coefficient (Wildman–Crippen LogP) is -1.08. The normalized spacial score (nSPS) is 20.5. The number of hydrogen-bond acceptors (Lipinski definition) is 19. The van der Waals surface area contributed by atoms with Crippen LogP contribution in [0.2, 0.25) is 0 Å². The molecule has 0 fully saturated rings. The number of nitrogens with zero attached hydrogens (tertiary/aromatic N) is 2. The molecule has 4 atom stereocenters. The molecule has 0 aliphatic carbocycles. The summed E-state index contributed by atoms with van der Waals surface area (Å²) < 4.78 is 88.0. The third kappa shape index (κ3) is 9.47. The van der Waals surface area contributed by atoms with Gasteiger partial charge in [0.25, 0.3) is 11.8 Å². The third-order valence-corrected chi connectivity index (χ3v) is 12.9. The van der Waals surface area contributed by atoms with Crippen molar-refractivity contribution in [3.05, 3.63) is 95.3 Å². The molecule has 2 unspecified atom stereocenters. The number of ether oxygens (including phenoxy) is 8. The van der Waals surface area contributed by atoms with Crippen molar-refractivity contribution in [1.82, 2.24) is 9.80 Å². The van der Waals surface area contributed by atoms with E-state index in [2.05, 4.69) is 27.9 Å². The SMILES string of the molecule is COc1cc2c(cc1OCCCOc1cc3c(cc1OC)C(=O)N1C=C(c4ccc5c(c4)OCO5)C[C@H]1C(S(=O)(=O)[O-])N3)NC(OOO[S-])[C@@H]1CC(c3ccc4c(c3)OCO4)=CN1C2=O.[Na+].[Na+]. The second kappa shape index (κ2) is 20.2. The van der Waals surface area contributed by atoms with Crippen LogP contribution < -0.4 is 108 Å². The molecule has 0 radical (unpaired) electrons. The van der Waals surface area contributed by atoms with Gasteiger partial charge in [-0.25, -0.2) is 8.42 Å². The minimum Gasteiger partial charge on any atom is -0.746 e. The van der Waals surface area contributed by atoms with Crippen LogP contribution >= 0.6 is 0 Å². The Bertz CT molecular complexity index is 2780. The van der Waals surface area contributed by atoms with Crippen LogP contribution in [-0.2, 0) is 37.3 Å². The van der Waals surface area contributed by atoms with Crippen molar-refractivity contribution < 1.29 is 134 Å². The molecule has 0 aromatic heterocycles. The molecule has 10 rings (SSSR count). The van der Waals surface area contributed by atoms with E-state index in [1.807, 2.05) is 18.2 Å². The van der Waals surface area contributed by atoms with Gasteiger partial charge in [-0.15, -0.1) is 0 Å². The predicted molar refractivity (Wildman–Crippen MR) is 227 cm³/mol. The van der Waals surface area contributed by atoms with Crippen molar-refractivity contribution in [2.24, 2.45) is 0 Å². The van der Waals surface area contributed by atoms with E-state index in [9.17, 15) is 22.6 Å². The zero-order valence-corrected chi connectivity index (χ0v) is 42.1. The van der Waals surface area contributed by atoms with E-state index in [-0.39, 0.29) is 132 Å². The summed E-state index contributed by atoms with van der Waals surface area (Å²) in [7, 11) is -2.14. The van der Waals surface area contributed by atoms with Crippen LogP contribution in [0.1, 0.15) is 51.1 Å². The maximum atomic E-state index is 14.2. The number of rotatable bonds is 14. The summed E-state index contributed by atoms with van der Waals surface area (Å²) in [6.07, 6.45) is 3.13. The summed E-state index contributed by atoms with van der Waals surface area (Å²) in [5, 5.41) is 9.08. The van der Waals surface area contributed by atoms with Crippen LogP contribution in [0.3, 0.4) is 0 Å². The van der Waals surface area contributed by atoms with Gasteiger partial charge in [-0.3, -0.25) is 9.59 Å². The number of nitrogens with one attached hydrogen (secondary N) is 2. The average molecular weight is 977 g/mol. The minimum atomic E-state index is -5.00. The van der Waals surface area contributed by atoms with Gasteiger partial charge in [0, 0.05) is 31.0 Å². The van der Waals surface area contributed by atoms with Crippen molar-refractivity contribution in [3.8, 4) is 46.0 Å². The number of hydrogen-bond donors (Lipinski definition) is 2. The van der Waals surface area contributed by atoms with E-state index in [1.165, 1.54) is 31.3 Å². The van der Waals surface area contributed by atoms with Gasteiger partial charge in [0.1, 0.15) is 15.5 Å². The molecule has 20 nitrogen and oxygen atoms in total. The van der Waals surface area contributed by atoms with Crippen molar-refractivity contribution in [1.29, 1.82) is 0 Å². The molecule has 4 aromatic rings. The first-order chi connectivity index (χ1) is 31.5. The Morgan fingerprint density at radius 2 is 1.18 bits per heavy atom. The van der Waals surface area contributed by atoms with E-state index >= 15 is 0 Å². The molecular weight excluding hydrogens is 939 g/mol. The first-order valence-electron chi connectivity index (χ1n) is 20.2. The average Bonchev–Trinajstić information content (AvgIpc) is 4.13. The van der Waals surface area contributed by atoms with Gasteiger partial charge >= 0.3 is 59.1 Å². The summed E-state index contributed by atoms with van der Waals surface area (Å²) in [5.74, 6) is 2.41. The Morgan fingerprint density at radius 1 is 0.687 bits per heavy atom. The Hall–Kier alpha value is -4.56. The molecule has 4 aromatic carbocycles. The van der Waals surface area contributed by atoms with E-state index in [0.29, 0.717) is 58.4 Å². The van der Waals surface area contributed by atoms with Gasteiger partial charge in [-0.1, -0.05) is 17.2 Å². The maximum Gasteiger partial charge on any atom is 1.00 e. The van der Waals surface area contributed by atoms with Crippen LogP contribution in [0.15, 0.2) is 73.1 Å². The molecule has 6 heterocycles. The molecule has 2 N–H and O–H groups in total. The molecule has 0 saturated carbocycles. The Balaban J connectivity index is 0.00000304. The summed E-state index contributed by atoms with van der Waals surface area (Å²) in [4.78, 5) is 36.5. The molecular formula is C43H38N4Na2O16S2. The number of carbonyl (C=O) groups is 2. The number of fused-ring (bicyclic) bond motifs is 6. The topological polar surface area (TPSA) is 223 Å². The number of methoxy groups -OCH3 is 2. The summed E-state index contributed by atoms with van der Waals surface area (Å²) in [6.45, 7) is 0.391. The van der Waals surface area contributed by atoms with Crippen LogP contribution in [0.25, 0.3) is 11.1 Å². The molecule has 0 bridgehead atoms. The Morgan fingerprint density at radius 3 is 1.69 bits per heavy atom. The van der Waals surface area contributed by atoms with Crippen LogP contribution in [0.5, 0.6) is 46.0 Å². The number of benzene rings is 4. The molecule has 0 spiro atoms. The van der Waals surface area contributed by atoms with Gasteiger partial charge in [-0.05, 0) is 71.5 Å². The number of carbonyl (C=O) groups excluding carboxylic acids is 2. The largest absolute Gasteiger partial charge is 1.00 e. The molecule has 340 valence electrons. The monoisotopic (exact) mass is 976 g/mol. The molecule has 24 heteroatoms. The summed E-state index contributed by atoms with van der Waals surface area (Å²) in [6, 6.07) is 15.2. The molecule has 67 heavy (non-hydrogen) atoms. The van der Waals surface area contributed by atoms with Crippen molar-refractivity contribution in [2.45, 2.75) is 42.9 Å². The van der Waals surface area contributed by atoms with E-state index in [0.717, 1.165) is 11.1 Å². The standard InChI is InChI=1S/C43H40N4O16S2.2Na/c1-53-34-14-26-28(44-40(61-62-63-64)30-10-24(18-46(30)42(26)48)22-4-6-32-36(12-22)59-20-57-32)16-38(34)55-8-3-9-56-39-17-29-27(15-35(39)54-2)43(49)47-19-25(11-31(47)41(45-29)65(50,51)52)23-5-7-33-37(13-23)60-21-58-33;;/h4-7,12-19,30-31,40-41,44-45,64H,3,8-11,20-21H2,1-2H3,(H,50,51,52);;/q;2*+1/p-2/t30-,31-,40?,41?;;/m0../s1. The van der Waals surface area contributed by atoms with Crippen LogP contribution in [-0.4, -0.2) is 99.3 Å². The maximum absolute atomic E-state index is 14.2. The third-order valence-electron chi connectivity index (χ3n) is 11.8. The fourth-order valence-electron chi connectivity index (χ4n) is 8.65. The van der Waals surface area contributed by atoms with Gasteiger partial charge in [0.2, 0.25) is 13.6 Å². The fourth-order valence-corrected chi connectivity index (χ4v) is 9.57. The first kappa shape index (κ1) is 48.9. The van der Waals surface area contributed by atoms with E-state index in [1.54, 1.807) is 47.6 Å². The Kier molecular flexibility index (Phi) is 14.7. The van der Waals surface area contributed by atoms with Crippen LogP contribution in [0.4, 0.5) is 11.4 Å². The van der Waals surface area contributed by atoms with Gasteiger partial charge in [0.15, 0.2) is 52.2 Å². The second-order valence-electron chi connectivity index (χ2n) is 15.4. The van der Waals surface area contributed by atoms with E-state index in [4.69, 9.17) is 47.8 Å². The van der Waals surface area contributed by atoms with Crippen molar-refractivity contribution >= 4 is 57.4 Å². The molecule has 0 saturated heterocycles. The smallest absolute Gasteiger partial charge is 0.746 e. The zero-order chi connectivity index (χ0) is 45.0. The first-order valence-corrected chi connectivity index (χ1v) is 22.0. The summed E-state index contributed by atoms with van der Waals surface area (Å²) >= 11 is 4.48. The molecule has 2 amide bonds. The fraction of sp³-hybridized carbons (Fsp3) is 0.302. The molecule has 6 aliphatic heterocycles. The number of anilines is 2. The zero-order valence-electron chi connectivity index (χ0n) is 36.4. The van der Waals surface area contributed by atoms with Gasteiger partial charge in [0.05, 0.1) is 62.0 Å². The Labute approximate surface area is 433 Å². The number of amides is 2. The van der Waals surface area contributed by atoms with Gasteiger partial charge < -0.3 is 80.1 Å².